The molecule has 0 fully saturated rings. The lowest BCUT2D eigenvalue weighted by molar-refractivity contribution is 0.100. The Balaban J connectivity index is 1.99. The number of para-hydroxylation sites is 2. The fraction of sp³-hybridized carbons (Fsp3) is 0. The Kier molecular flexibility index (Phi) is 5.71. The highest BCUT2D eigenvalue weighted by Crippen LogP contribution is 2.23. The van der Waals surface area contributed by atoms with E-state index in [1.807, 2.05) is 0 Å². The van der Waals surface area contributed by atoms with Crippen LogP contribution in [0, 0.1) is 5.82 Å². The molecule has 0 bridgehead atoms. The van der Waals surface area contributed by atoms with Gasteiger partial charge < -0.3 is 10.6 Å². The number of nitrogens with one attached hydrogen (secondary N) is 2. The van der Waals surface area contributed by atoms with Crippen LogP contribution in [0.15, 0.2) is 77.7 Å². The summed E-state index contributed by atoms with van der Waals surface area (Å²) in [4.78, 5) is 23.9. The van der Waals surface area contributed by atoms with E-state index < -0.39 is 43.8 Å². The predicted molar refractivity (Wildman–Crippen MR) is 105 cm³/mol. The summed E-state index contributed by atoms with van der Waals surface area (Å²) in [5.41, 5.74) is -0.579. The van der Waals surface area contributed by atoms with Gasteiger partial charge >= 0.3 is 0 Å². The zero-order valence-corrected chi connectivity index (χ0v) is 15.6. The molecule has 3 aromatic carbocycles. The Labute approximate surface area is 165 Å². The van der Waals surface area contributed by atoms with Crippen LogP contribution in [0.2, 0.25) is 0 Å². The van der Waals surface area contributed by atoms with Crippen molar-refractivity contribution in [1.29, 1.82) is 0 Å². The summed E-state index contributed by atoms with van der Waals surface area (Å²) in [6.07, 6.45) is 0. The maximum atomic E-state index is 14.6. The molecule has 148 valence electrons. The van der Waals surface area contributed by atoms with Gasteiger partial charge in [0.1, 0.15) is 10.7 Å². The highest BCUT2D eigenvalue weighted by atomic mass is 32.2. The largest absolute Gasteiger partial charge is 0.322 e. The molecule has 29 heavy (non-hydrogen) atoms. The number of hydrogen-bond acceptors (Lipinski definition) is 4. The molecule has 0 aliphatic heterocycles. The average molecular weight is 414 g/mol. The van der Waals surface area contributed by atoms with Crippen LogP contribution in [0.25, 0.3) is 0 Å². The van der Waals surface area contributed by atoms with Gasteiger partial charge in [0, 0.05) is 11.4 Å². The number of anilines is 2. The van der Waals surface area contributed by atoms with Crippen LogP contribution in [0.4, 0.5) is 15.8 Å². The molecule has 0 atom stereocenters. The minimum atomic E-state index is -4.92. The van der Waals surface area contributed by atoms with Gasteiger partial charge in [0.25, 0.3) is 21.9 Å². The standard InChI is InChI=1S/C20H15FN2O5S/c21-17-11-16(20(25)23-14-9-5-2-6-10-14)18(29(26,27)28)12-15(17)19(24)22-13-7-3-1-4-8-13/h1-12H,(H,22,24)(H,23,25)(H,26,27,28). The van der Waals surface area contributed by atoms with E-state index in [1.54, 1.807) is 60.7 Å². The number of amides is 2. The molecule has 0 saturated carbocycles. The van der Waals surface area contributed by atoms with Crippen molar-refractivity contribution in [3.05, 3.63) is 89.7 Å². The van der Waals surface area contributed by atoms with Gasteiger partial charge in [-0.05, 0) is 36.4 Å². The van der Waals surface area contributed by atoms with E-state index in [-0.39, 0.29) is 0 Å². The number of hydrogen-bond donors (Lipinski definition) is 3. The molecule has 0 radical (unpaired) electrons. The van der Waals surface area contributed by atoms with Gasteiger partial charge in [0.15, 0.2) is 0 Å². The van der Waals surface area contributed by atoms with Gasteiger partial charge in [-0.2, -0.15) is 8.42 Å². The molecule has 3 aromatic rings. The first-order valence-corrected chi connectivity index (χ1v) is 9.73. The molecule has 3 rings (SSSR count). The number of benzene rings is 3. The van der Waals surface area contributed by atoms with E-state index in [4.69, 9.17) is 0 Å². The van der Waals surface area contributed by atoms with Crippen LogP contribution in [0.3, 0.4) is 0 Å². The number of carbonyl (C=O) groups excluding carboxylic acids is 2. The highest BCUT2D eigenvalue weighted by molar-refractivity contribution is 7.86. The second-order valence-electron chi connectivity index (χ2n) is 5.94. The van der Waals surface area contributed by atoms with Crippen molar-refractivity contribution in [2.45, 2.75) is 4.90 Å². The molecule has 0 heterocycles. The monoisotopic (exact) mass is 414 g/mol. The van der Waals surface area contributed by atoms with E-state index in [2.05, 4.69) is 10.6 Å². The van der Waals surface area contributed by atoms with E-state index >= 15 is 0 Å². The molecule has 0 aromatic heterocycles. The summed E-state index contributed by atoms with van der Waals surface area (Å²) in [6.45, 7) is 0. The Morgan fingerprint density at radius 1 is 0.759 bits per heavy atom. The first-order chi connectivity index (χ1) is 13.8. The molecular formula is C20H15FN2O5S. The lowest BCUT2D eigenvalue weighted by atomic mass is 10.1. The fourth-order valence-corrected chi connectivity index (χ4v) is 3.25. The average Bonchev–Trinajstić information content (AvgIpc) is 2.68. The van der Waals surface area contributed by atoms with Crippen LogP contribution in [-0.2, 0) is 10.1 Å². The molecule has 7 nitrogen and oxygen atoms in total. The Morgan fingerprint density at radius 3 is 1.66 bits per heavy atom. The van der Waals surface area contributed by atoms with Crippen molar-refractivity contribution in [3.63, 3.8) is 0 Å². The maximum absolute atomic E-state index is 14.6. The van der Waals surface area contributed by atoms with Crippen LogP contribution in [0.5, 0.6) is 0 Å². The second kappa shape index (κ2) is 8.21. The van der Waals surface area contributed by atoms with Crippen molar-refractivity contribution in [2.24, 2.45) is 0 Å². The van der Waals surface area contributed by atoms with Crippen molar-refractivity contribution in [1.82, 2.24) is 0 Å². The number of rotatable bonds is 5. The van der Waals surface area contributed by atoms with Crippen LogP contribution < -0.4 is 10.6 Å². The Hall–Kier alpha value is -3.56. The maximum Gasteiger partial charge on any atom is 0.295 e. The number of halogens is 1. The van der Waals surface area contributed by atoms with E-state index in [0.717, 1.165) is 0 Å². The zero-order chi connectivity index (χ0) is 21.0. The molecule has 3 N–H and O–H groups in total. The van der Waals surface area contributed by atoms with E-state index in [0.29, 0.717) is 23.5 Å². The SMILES string of the molecule is O=C(Nc1ccccc1)c1cc(S(=O)(=O)O)c(C(=O)Nc2ccccc2)cc1F. The summed E-state index contributed by atoms with van der Waals surface area (Å²) < 4.78 is 47.6. The van der Waals surface area contributed by atoms with Gasteiger partial charge in [-0.3, -0.25) is 14.1 Å². The van der Waals surface area contributed by atoms with Gasteiger partial charge in [0.2, 0.25) is 0 Å². The molecule has 0 aliphatic rings. The molecule has 0 saturated heterocycles. The minimum absolute atomic E-state index is 0.338. The fourth-order valence-electron chi connectivity index (χ4n) is 2.56. The van der Waals surface area contributed by atoms with Crippen molar-refractivity contribution in [2.75, 3.05) is 10.6 Å². The smallest absolute Gasteiger partial charge is 0.295 e. The second-order valence-corrected chi connectivity index (χ2v) is 7.33. The predicted octanol–water partition coefficient (Wildman–Crippen LogP) is 3.58. The van der Waals surface area contributed by atoms with Crippen LogP contribution in [-0.4, -0.2) is 24.8 Å². The summed E-state index contributed by atoms with van der Waals surface area (Å²) in [6, 6.07) is 17.4. The van der Waals surface area contributed by atoms with Crippen molar-refractivity contribution < 1.29 is 27.0 Å². The lowest BCUT2D eigenvalue weighted by Gasteiger charge is -2.12. The normalized spacial score (nSPS) is 11.0. The molecule has 9 heteroatoms. The van der Waals surface area contributed by atoms with E-state index in [9.17, 15) is 27.0 Å². The molecule has 0 spiro atoms. The molecule has 2 amide bonds. The highest BCUT2D eigenvalue weighted by Gasteiger charge is 2.26. The topological polar surface area (TPSA) is 113 Å². The zero-order valence-electron chi connectivity index (χ0n) is 14.8. The molecular weight excluding hydrogens is 399 g/mol. The minimum Gasteiger partial charge on any atom is -0.322 e. The molecule has 0 aliphatic carbocycles. The van der Waals surface area contributed by atoms with Crippen LogP contribution >= 0.6 is 0 Å². The van der Waals surface area contributed by atoms with Gasteiger partial charge in [-0.1, -0.05) is 36.4 Å². The third kappa shape index (κ3) is 4.84. The quantitative estimate of drug-likeness (QED) is 0.553. The summed E-state index contributed by atoms with van der Waals surface area (Å²) in [5.74, 6) is -3.02. The van der Waals surface area contributed by atoms with Crippen LogP contribution in [0.1, 0.15) is 20.7 Å². The Morgan fingerprint density at radius 2 is 1.21 bits per heavy atom. The number of carbonyl (C=O) groups is 2. The van der Waals surface area contributed by atoms with Crippen molar-refractivity contribution in [3.8, 4) is 0 Å². The lowest BCUT2D eigenvalue weighted by Crippen LogP contribution is -2.20. The third-order valence-corrected chi connectivity index (χ3v) is 4.79. The van der Waals surface area contributed by atoms with E-state index in [1.165, 1.54) is 0 Å². The van der Waals surface area contributed by atoms with Crippen molar-refractivity contribution >= 4 is 33.3 Å². The van der Waals surface area contributed by atoms with Gasteiger partial charge in [-0.15, -0.1) is 0 Å². The van der Waals surface area contributed by atoms with Gasteiger partial charge in [0.05, 0.1) is 11.1 Å². The van der Waals surface area contributed by atoms with Gasteiger partial charge in [-0.25, -0.2) is 4.39 Å². The summed E-state index contributed by atoms with van der Waals surface area (Å²) in [5, 5.41) is 4.82. The first kappa shape index (κ1) is 20.2. The Bertz CT molecular complexity index is 1170. The third-order valence-electron chi connectivity index (χ3n) is 3.90. The summed E-state index contributed by atoms with van der Waals surface area (Å²) >= 11 is 0. The first-order valence-electron chi connectivity index (χ1n) is 8.29. The molecule has 0 unspecified atom stereocenters. The summed E-state index contributed by atoms with van der Waals surface area (Å²) in [7, 11) is -4.92.